The fourth-order valence-corrected chi connectivity index (χ4v) is 3.38. The minimum absolute atomic E-state index is 0.0569. The van der Waals surface area contributed by atoms with Gasteiger partial charge < -0.3 is 20.1 Å². The number of urea groups is 1. The Balaban J connectivity index is 1.76. The van der Waals surface area contributed by atoms with Crippen molar-refractivity contribution in [1.82, 2.24) is 10.2 Å². The maximum Gasteiger partial charge on any atom is 0.329 e. The van der Waals surface area contributed by atoms with Crippen molar-refractivity contribution in [3.63, 3.8) is 0 Å². The molecule has 162 valence electrons. The Labute approximate surface area is 188 Å². The number of hydrogen-bond donors (Lipinski definition) is 2. The Morgan fingerprint density at radius 1 is 1.19 bits per heavy atom. The third kappa shape index (κ3) is 5.24. The molecule has 1 heterocycles. The average molecular weight is 488 g/mol. The van der Waals surface area contributed by atoms with Crippen molar-refractivity contribution in [2.45, 2.75) is 13.8 Å². The molecule has 2 N–H and O–H groups in total. The number of imide groups is 1. The summed E-state index contributed by atoms with van der Waals surface area (Å²) in [5.41, 5.74) is 2.31. The molecule has 1 aliphatic rings. The van der Waals surface area contributed by atoms with E-state index < -0.39 is 24.4 Å². The molecule has 9 heteroatoms. The number of carbonyl (C=O) groups is 3. The molecule has 0 atom stereocenters. The van der Waals surface area contributed by atoms with Crippen molar-refractivity contribution >= 4 is 45.5 Å². The molecule has 0 bridgehead atoms. The number of halogens is 1. The Morgan fingerprint density at radius 3 is 2.55 bits per heavy atom. The lowest BCUT2D eigenvalue weighted by atomic mass is 10.1. The van der Waals surface area contributed by atoms with E-state index in [1.165, 1.54) is 13.2 Å². The van der Waals surface area contributed by atoms with Crippen LogP contribution in [0.3, 0.4) is 0 Å². The van der Waals surface area contributed by atoms with Crippen LogP contribution in [0, 0.1) is 6.92 Å². The van der Waals surface area contributed by atoms with E-state index in [0.717, 1.165) is 10.5 Å². The van der Waals surface area contributed by atoms with Gasteiger partial charge in [-0.05, 0) is 49.8 Å². The lowest BCUT2D eigenvalue weighted by Crippen LogP contribution is -2.38. The standard InChI is InChI=1S/C22H22BrN3O5/c1-4-31-19-10-14(16(23)11-18(19)30-3)9-17-21(28)26(22(29)25-17)12-20(27)24-15-7-5-13(2)6-8-15/h5-11H,4,12H2,1-3H3,(H,24,27)(H,25,29)/b17-9+. The van der Waals surface area contributed by atoms with Crippen molar-refractivity contribution in [2.75, 3.05) is 25.6 Å². The van der Waals surface area contributed by atoms with Gasteiger partial charge >= 0.3 is 6.03 Å². The number of nitrogens with one attached hydrogen (secondary N) is 2. The Bertz CT molecular complexity index is 1050. The first-order valence-corrected chi connectivity index (χ1v) is 10.3. The number of hydrogen-bond acceptors (Lipinski definition) is 5. The van der Waals surface area contributed by atoms with Gasteiger partial charge in [0.1, 0.15) is 12.2 Å². The molecular weight excluding hydrogens is 466 g/mol. The van der Waals surface area contributed by atoms with E-state index in [0.29, 0.717) is 33.8 Å². The maximum atomic E-state index is 12.7. The molecule has 3 rings (SSSR count). The van der Waals surface area contributed by atoms with Gasteiger partial charge in [0, 0.05) is 10.2 Å². The van der Waals surface area contributed by atoms with Crippen LogP contribution < -0.4 is 20.1 Å². The normalized spacial score (nSPS) is 14.6. The van der Waals surface area contributed by atoms with Crippen LogP contribution in [-0.2, 0) is 9.59 Å². The second kappa shape index (κ2) is 9.65. The summed E-state index contributed by atoms with van der Waals surface area (Å²) < 4.78 is 11.5. The highest BCUT2D eigenvalue weighted by Crippen LogP contribution is 2.34. The SMILES string of the molecule is CCOc1cc(/C=C2/NC(=O)N(CC(=O)Nc3ccc(C)cc3)C2=O)c(Br)cc1OC. The minimum Gasteiger partial charge on any atom is -0.493 e. The van der Waals surface area contributed by atoms with Gasteiger partial charge in [-0.1, -0.05) is 33.6 Å². The number of nitrogens with zero attached hydrogens (tertiary/aromatic N) is 1. The smallest absolute Gasteiger partial charge is 0.329 e. The molecule has 1 aliphatic heterocycles. The predicted octanol–water partition coefficient (Wildman–Crippen LogP) is 3.70. The molecular formula is C22H22BrN3O5. The molecule has 0 aliphatic carbocycles. The summed E-state index contributed by atoms with van der Waals surface area (Å²) in [6.45, 7) is 3.82. The summed E-state index contributed by atoms with van der Waals surface area (Å²) in [4.78, 5) is 38.2. The van der Waals surface area contributed by atoms with Crippen LogP contribution in [0.2, 0.25) is 0 Å². The van der Waals surface area contributed by atoms with Crippen LogP contribution in [0.1, 0.15) is 18.1 Å². The van der Waals surface area contributed by atoms with Crippen LogP contribution in [-0.4, -0.2) is 43.0 Å². The van der Waals surface area contributed by atoms with Crippen molar-refractivity contribution in [1.29, 1.82) is 0 Å². The zero-order valence-corrected chi connectivity index (χ0v) is 18.9. The van der Waals surface area contributed by atoms with Crippen molar-refractivity contribution in [2.24, 2.45) is 0 Å². The van der Waals surface area contributed by atoms with Crippen LogP contribution in [0.5, 0.6) is 11.5 Å². The fourth-order valence-electron chi connectivity index (χ4n) is 2.94. The van der Waals surface area contributed by atoms with Gasteiger partial charge in [0.25, 0.3) is 5.91 Å². The Kier molecular flexibility index (Phi) is 6.96. The molecule has 0 unspecified atom stereocenters. The second-order valence-corrected chi connectivity index (χ2v) is 7.61. The summed E-state index contributed by atoms with van der Waals surface area (Å²) in [6.07, 6.45) is 1.52. The minimum atomic E-state index is -0.662. The van der Waals surface area contributed by atoms with E-state index in [9.17, 15) is 14.4 Å². The summed E-state index contributed by atoms with van der Waals surface area (Å²) in [5.74, 6) is -0.0270. The number of rotatable bonds is 7. The lowest BCUT2D eigenvalue weighted by molar-refractivity contribution is -0.127. The quantitative estimate of drug-likeness (QED) is 0.458. The van der Waals surface area contributed by atoms with Gasteiger partial charge in [-0.3, -0.25) is 9.59 Å². The summed E-state index contributed by atoms with van der Waals surface area (Å²) >= 11 is 3.43. The third-order valence-corrected chi connectivity index (χ3v) is 5.17. The first-order chi connectivity index (χ1) is 14.8. The number of amides is 4. The largest absolute Gasteiger partial charge is 0.493 e. The highest BCUT2D eigenvalue weighted by atomic mass is 79.9. The van der Waals surface area contributed by atoms with Crippen molar-refractivity contribution in [3.05, 3.63) is 57.7 Å². The number of carbonyl (C=O) groups excluding carboxylic acids is 3. The van der Waals surface area contributed by atoms with Gasteiger partial charge in [0.05, 0.1) is 13.7 Å². The number of benzene rings is 2. The number of anilines is 1. The van der Waals surface area contributed by atoms with Crippen LogP contribution in [0.25, 0.3) is 6.08 Å². The van der Waals surface area contributed by atoms with Gasteiger partial charge in [0.2, 0.25) is 5.91 Å². The van der Waals surface area contributed by atoms with Gasteiger partial charge in [0.15, 0.2) is 11.5 Å². The van der Waals surface area contributed by atoms with Gasteiger partial charge in [-0.15, -0.1) is 0 Å². The molecule has 8 nitrogen and oxygen atoms in total. The van der Waals surface area contributed by atoms with Gasteiger partial charge in [-0.25, -0.2) is 9.69 Å². The molecule has 1 fully saturated rings. The molecule has 31 heavy (non-hydrogen) atoms. The monoisotopic (exact) mass is 487 g/mol. The first-order valence-electron chi connectivity index (χ1n) is 9.53. The highest BCUT2D eigenvalue weighted by molar-refractivity contribution is 9.10. The molecule has 1 saturated heterocycles. The number of ether oxygens (including phenoxy) is 2. The van der Waals surface area contributed by atoms with Crippen LogP contribution in [0.15, 0.2) is 46.6 Å². The highest BCUT2D eigenvalue weighted by Gasteiger charge is 2.35. The molecule has 0 spiro atoms. The zero-order valence-electron chi connectivity index (χ0n) is 17.3. The zero-order chi connectivity index (χ0) is 22.5. The molecule has 0 saturated carbocycles. The number of aryl methyl sites for hydroxylation is 1. The van der Waals surface area contributed by atoms with Crippen LogP contribution >= 0.6 is 15.9 Å². The van der Waals surface area contributed by atoms with Crippen molar-refractivity contribution in [3.8, 4) is 11.5 Å². The maximum absolute atomic E-state index is 12.7. The average Bonchev–Trinajstić information content (AvgIpc) is 2.99. The molecule has 2 aromatic rings. The Morgan fingerprint density at radius 2 is 1.90 bits per heavy atom. The van der Waals surface area contributed by atoms with E-state index in [1.54, 1.807) is 24.3 Å². The summed E-state index contributed by atoms with van der Waals surface area (Å²) in [7, 11) is 1.53. The Hall–Kier alpha value is -3.33. The molecule has 0 radical (unpaired) electrons. The van der Waals surface area contributed by atoms with Crippen LogP contribution in [0.4, 0.5) is 10.5 Å². The summed E-state index contributed by atoms with van der Waals surface area (Å²) in [5, 5.41) is 5.19. The van der Waals surface area contributed by atoms with E-state index in [-0.39, 0.29) is 5.70 Å². The molecule has 4 amide bonds. The van der Waals surface area contributed by atoms with E-state index >= 15 is 0 Å². The van der Waals surface area contributed by atoms with Gasteiger partial charge in [-0.2, -0.15) is 0 Å². The van der Waals surface area contributed by atoms with Crippen molar-refractivity contribution < 1.29 is 23.9 Å². The topological polar surface area (TPSA) is 97.0 Å². The van der Waals surface area contributed by atoms with E-state index in [1.807, 2.05) is 26.0 Å². The molecule has 0 aromatic heterocycles. The third-order valence-electron chi connectivity index (χ3n) is 4.48. The van der Waals surface area contributed by atoms with E-state index in [4.69, 9.17) is 9.47 Å². The molecule has 2 aromatic carbocycles. The summed E-state index contributed by atoms with van der Waals surface area (Å²) in [6, 6.07) is 9.96. The lowest BCUT2D eigenvalue weighted by Gasteiger charge is -2.12. The van der Waals surface area contributed by atoms with E-state index in [2.05, 4.69) is 26.6 Å². The fraction of sp³-hybridized carbons (Fsp3) is 0.227. The number of methoxy groups -OCH3 is 1. The first kappa shape index (κ1) is 22.4. The second-order valence-electron chi connectivity index (χ2n) is 6.75. The predicted molar refractivity (Wildman–Crippen MR) is 120 cm³/mol.